The number of fused-ring (bicyclic) bond motifs is 1. The molecule has 10 nitrogen and oxygen atoms in total. The standard InChI is InChI=1S/C10H9N7O3/c11-9-14-4(5-6(15-9)13-2-1-12-5)3-7(18)16-10(20)17-8(3)19/h1-2,4H,(H3,11,13,14,15)(H3,16,17,18,19,20). The van der Waals surface area contributed by atoms with E-state index in [1.54, 1.807) is 0 Å². The second-order valence-corrected chi connectivity index (χ2v) is 4.00. The lowest BCUT2D eigenvalue weighted by molar-refractivity contribution is 0.436. The molecule has 2 aromatic rings. The predicted octanol–water partition coefficient (Wildman–Crippen LogP) is -1.61. The molecule has 1 aliphatic rings. The first-order valence-electron chi connectivity index (χ1n) is 5.53. The summed E-state index contributed by atoms with van der Waals surface area (Å²) in [5, 5.41) is 12.5. The van der Waals surface area contributed by atoms with Crippen molar-refractivity contribution in [2.75, 3.05) is 5.32 Å². The summed E-state index contributed by atoms with van der Waals surface area (Å²) >= 11 is 0. The van der Waals surface area contributed by atoms with Crippen LogP contribution < -0.4 is 22.3 Å². The molecule has 2 aromatic heterocycles. The average molecular weight is 275 g/mol. The summed E-state index contributed by atoms with van der Waals surface area (Å²) in [6.45, 7) is 0. The van der Waals surface area contributed by atoms with Crippen LogP contribution in [0.5, 0.6) is 5.88 Å². The van der Waals surface area contributed by atoms with E-state index in [0.29, 0.717) is 11.5 Å². The highest BCUT2D eigenvalue weighted by Gasteiger charge is 2.29. The number of hydrogen-bond donors (Lipinski definition) is 5. The van der Waals surface area contributed by atoms with E-state index in [9.17, 15) is 14.7 Å². The molecule has 6 N–H and O–H groups in total. The molecular weight excluding hydrogens is 266 g/mol. The van der Waals surface area contributed by atoms with Crippen molar-refractivity contribution in [3.05, 3.63) is 44.5 Å². The number of nitrogens with zero attached hydrogens (tertiary/aromatic N) is 3. The molecule has 1 atom stereocenters. The maximum atomic E-state index is 11.9. The Balaban J connectivity index is 2.26. The lowest BCUT2D eigenvalue weighted by atomic mass is 10.1. The highest BCUT2D eigenvalue weighted by atomic mass is 16.3. The second-order valence-electron chi connectivity index (χ2n) is 4.00. The zero-order chi connectivity index (χ0) is 14.3. The first-order valence-corrected chi connectivity index (χ1v) is 5.53. The van der Waals surface area contributed by atoms with Gasteiger partial charge in [0.15, 0.2) is 11.8 Å². The highest BCUT2D eigenvalue weighted by Crippen LogP contribution is 2.32. The third-order valence-electron chi connectivity index (χ3n) is 2.73. The average Bonchev–Trinajstić information content (AvgIpc) is 2.37. The van der Waals surface area contributed by atoms with Gasteiger partial charge in [-0.1, -0.05) is 0 Å². The molecule has 0 bridgehead atoms. The van der Waals surface area contributed by atoms with Crippen LogP contribution in [0.1, 0.15) is 17.3 Å². The molecule has 0 spiro atoms. The molecule has 0 aliphatic carbocycles. The summed E-state index contributed by atoms with van der Waals surface area (Å²) < 4.78 is 0. The van der Waals surface area contributed by atoms with Crippen LogP contribution in [0.25, 0.3) is 0 Å². The van der Waals surface area contributed by atoms with Gasteiger partial charge in [-0.25, -0.2) is 14.8 Å². The van der Waals surface area contributed by atoms with Crippen LogP contribution in [0, 0.1) is 0 Å². The summed E-state index contributed by atoms with van der Waals surface area (Å²) in [6, 6.07) is -0.958. The zero-order valence-electron chi connectivity index (χ0n) is 9.91. The Labute approximate surface area is 110 Å². The Hall–Kier alpha value is -3.17. The molecule has 0 saturated carbocycles. The SMILES string of the molecule is NC1=NC(c2c(O)[nH]c(=O)[nH]c2=O)c2nccnc2N1. The van der Waals surface area contributed by atoms with Crippen molar-refractivity contribution in [3.8, 4) is 5.88 Å². The van der Waals surface area contributed by atoms with Gasteiger partial charge in [-0.3, -0.25) is 19.7 Å². The number of aromatic hydroxyl groups is 1. The minimum atomic E-state index is -0.958. The van der Waals surface area contributed by atoms with Crippen molar-refractivity contribution in [1.29, 1.82) is 0 Å². The first-order chi connectivity index (χ1) is 9.56. The number of hydrogen-bond acceptors (Lipinski definition) is 8. The van der Waals surface area contributed by atoms with E-state index in [1.807, 2.05) is 4.98 Å². The normalized spacial score (nSPS) is 17.0. The van der Waals surface area contributed by atoms with Crippen molar-refractivity contribution in [3.63, 3.8) is 0 Å². The number of aromatic nitrogens is 4. The summed E-state index contributed by atoms with van der Waals surface area (Å²) in [7, 11) is 0. The third-order valence-corrected chi connectivity index (χ3v) is 2.73. The van der Waals surface area contributed by atoms with Crippen molar-refractivity contribution >= 4 is 11.8 Å². The maximum Gasteiger partial charge on any atom is 0.328 e. The second kappa shape index (κ2) is 4.19. The topological polar surface area (TPSA) is 162 Å². The lowest BCUT2D eigenvalue weighted by Gasteiger charge is -2.21. The molecule has 10 heteroatoms. The molecule has 3 rings (SSSR count). The number of rotatable bonds is 1. The summed E-state index contributed by atoms with van der Waals surface area (Å²) in [5.41, 5.74) is 4.18. The Morgan fingerprint density at radius 1 is 1.20 bits per heavy atom. The van der Waals surface area contributed by atoms with E-state index >= 15 is 0 Å². The van der Waals surface area contributed by atoms with Gasteiger partial charge in [-0.2, -0.15) is 0 Å². The van der Waals surface area contributed by atoms with Crippen LogP contribution in [0.15, 0.2) is 27.0 Å². The van der Waals surface area contributed by atoms with Crippen LogP contribution in [-0.4, -0.2) is 31.0 Å². The number of nitrogens with two attached hydrogens (primary N) is 1. The van der Waals surface area contributed by atoms with E-state index in [4.69, 9.17) is 5.73 Å². The van der Waals surface area contributed by atoms with Gasteiger partial charge in [0.25, 0.3) is 5.56 Å². The number of guanidine groups is 1. The molecule has 0 fully saturated rings. The van der Waals surface area contributed by atoms with Crippen LogP contribution in [-0.2, 0) is 0 Å². The van der Waals surface area contributed by atoms with Crippen molar-refractivity contribution in [1.82, 2.24) is 19.9 Å². The summed E-state index contributed by atoms with van der Waals surface area (Å²) in [4.78, 5) is 39.2. The van der Waals surface area contributed by atoms with Crippen LogP contribution in [0.3, 0.4) is 0 Å². The van der Waals surface area contributed by atoms with Crippen molar-refractivity contribution < 1.29 is 5.11 Å². The van der Waals surface area contributed by atoms with Gasteiger partial charge in [0.05, 0.1) is 0 Å². The highest BCUT2D eigenvalue weighted by molar-refractivity contribution is 5.94. The Morgan fingerprint density at radius 2 is 1.95 bits per heavy atom. The molecule has 20 heavy (non-hydrogen) atoms. The molecule has 0 radical (unpaired) electrons. The van der Waals surface area contributed by atoms with Crippen LogP contribution >= 0.6 is 0 Å². The fraction of sp³-hybridized carbons (Fsp3) is 0.100. The fourth-order valence-corrected chi connectivity index (χ4v) is 1.94. The number of nitrogens with one attached hydrogen (secondary N) is 3. The quantitative estimate of drug-likeness (QED) is 0.418. The van der Waals surface area contributed by atoms with Crippen LogP contribution in [0.2, 0.25) is 0 Å². The molecule has 1 aliphatic heterocycles. The number of H-pyrrole nitrogens is 2. The van der Waals surface area contributed by atoms with E-state index in [-0.39, 0.29) is 11.5 Å². The largest absolute Gasteiger partial charge is 0.494 e. The maximum absolute atomic E-state index is 11.9. The van der Waals surface area contributed by atoms with Gasteiger partial charge in [-0.15, -0.1) is 0 Å². The molecule has 1 unspecified atom stereocenters. The first kappa shape index (κ1) is 11.9. The summed E-state index contributed by atoms with van der Waals surface area (Å²) in [5.74, 6) is -0.234. The number of aliphatic imine (C=N–C) groups is 1. The Morgan fingerprint density at radius 3 is 2.70 bits per heavy atom. The Kier molecular flexibility index (Phi) is 2.49. The van der Waals surface area contributed by atoms with Gasteiger partial charge >= 0.3 is 5.69 Å². The monoisotopic (exact) mass is 275 g/mol. The molecule has 3 heterocycles. The zero-order valence-corrected chi connectivity index (χ0v) is 9.91. The summed E-state index contributed by atoms with van der Waals surface area (Å²) in [6.07, 6.45) is 2.86. The third kappa shape index (κ3) is 1.79. The van der Waals surface area contributed by atoms with Gasteiger partial charge in [0, 0.05) is 12.4 Å². The minimum absolute atomic E-state index is 0.0213. The molecular formula is C10H9N7O3. The van der Waals surface area contributed by atoms with Crippen molar-refractivity contribution in [2.24, 2.45) is 10.7 Å². The minimum Gasteiger partial charge on any atom is -0.494 e. The predicted molar refractivity (Wildman–Crippen MR) is 68.5 cm³/mol. The lowest BCUT2D eigenvalue weighted by Crippen LogP contribution is -2.33. The Bertz CT molecular complexity index is 822. The molecule has 0 aromatic carbocycles. The van der Waals surface area contributed by atoms with E-state index in [0.717, 1.165) is 0 Å². The van der Waals surface area contributed by atoms with E-state index in [2.05, 4.69) is 25.3 Å². The van der Waals surface area contributed by atoms with E-state index < -0.39 is 23.2 Å². The number of aromatic amines is 2. The van der Waals surface area contributed by atoms with Crippen LogP contribution in [0.4, 0.5) is 5.82 Å². The van der Waals surface area contributed by atoms with Gasteiger partial charge in [0.2, 0.25) is 5.88 Å². The fourth-order valence-electron chi connectivity index (χ4n) is 1.94. The molecule has 102 valence electrons. The number of anilines is 1. The van der Waals surface area contributed by atoms with Crippen molar-refractivity contribution in [2.45, 2.75) is 6.04 Å². The molecule has 0 amide bonds. The smallest absolute Gasteiger partial charge is 0.328 e. The van der Waals surface area contributed by atoms with E-state index in [1.165, 1.54) is 12.4 Å². The van der Waals surface area contributed by atoms with Gasteiger partial charge < -0.3 is 16.2 Å². The molecule has 0 saturated heterocycles. The van der Waals surface area contributed by atoms with Gasteiger partial charge in [0.1, 0.15) is 17.3 Å². The van der Waals surface area contributed by atoms with Gasteiger partial charge in [-0.05, 0) is 0 Å².